The number of fused-ring (bicyclic) bond motifs is 1. The summed E-state index contributed by atoms with van der Waals surface area (Å²) in [5, 5.41) is 6.51. The third kappa shape index (κ3) is 4.63. The number of halogens is 3. The molecular formula is C24H22F3N5O. The standard InChI is InChI=1S/C24H22F3N5O/c25-24(26,27)18-11-17(13-29-14-18)22-12-16-5-6-28-15-21(16)23(31-22)30-19-1-3-20(4-2-19)32-7-9-33-10-8-32/h1-6,11-14,28H,7-10,15H2,(H,30,31). The van der Waals surface area contributed by atoms with Crippen LogP contribution in [0.4, 0.5) is 30.4 Å². The minimum Gasteiger partial charge on any atom is -0.387 e. The minimum atomic E-state index is -4.47. The van der Waals surface area contributed by atoms with Gasteiger partial charge in [-0.15, -0.1) is 0 Å². The molecule has 0 radical (unpaired) electrons. The Morgan fingerprint density at radius 3 is 2.58 bits per heavy atom. The van der Waals surface area contributed by atoms with Crippen LogP contribution in [0.25, 0.3) is 17.3 Å². The van der Waals surface area contributed by atoms with Crippen LogP contribution in [0.2, 0.25) is 0 Å². The summed E-state index contributed by atoms with van der Waals surface area (Å²) in [7, 11) is 0. The van der Waals surface area contributed by atoms with E-state index in [2.05, 4.69) is 25.5 Å². The highest BCUT2D eigenvalue weighted by Gasteiger charge is 2.31. The smallest absolute Gasteiger partial charge is 0.387 e. The van der Waals surface area contributed by atoms with Gasteiger partial charge in [-0.05, 0) is 54.2 Å². The zero-order chi connectivity index (χ0) is 22.8. The lowest BCUT2D eigenvalue weighted by molar-refractivity contribution is -0.137. The van der Waals surface area contributed by atoms with E-state index in [0.717, 1.165) is 47.9 Å². The molecule has 2 aliphatic rings. The van der Waals surface area contributed by atoms with Crippen molar-refractivity contribution >= 4 is 23.3 Å². The second-order valence-electron chi connectivity index (χ2n) is 7.87. The molecule has 9 heteroatoms. The SMILES string of the molecule is FC(F)(F)c1cncc(-c2cc3c(c(Nc4ccc(N5CCOCC5)cc4)n2)CNC=C3)c1. The van der Waals surface area contributed by atoms with Crippen molar-refractivity contribution in [1.29, 1.82) is 0 Å². The molecule has 3 aromatic rings. The van der Waals surface area contributed by atoms with Crippen LogP contribution in [0.3, 0.4) is 0 Å². The summed E-state index contributed by atoms with van der Waals surface area (Å²) in [4.78, 5) is 10.7. The van der Waals surface area contributed by atoms with Gasteiger partial charge in [0, 0.05) is 54.5 Å². The minimum absolute atomic E-state index is 0.310. The summed E-state index contributed by atoms with van der Waals surface area (Å²) < 4.78 is 45.0. The first-order chi connectivity index (χ1) is 16.0. The molecule has 1 saturated heterocycles. The van der Waals surface area contributed by atoms with Crippen molar-refractivity contribution in [2.45, 2.75) is 12.7 Å². The van der Waals surface area contributed by atoms with E-state index in [0.29, 0.717) is 36.8 Å². The van der Waals surface area contributed by atoms with E-state index in [-0.39, 0.29) is 0 Å². The number of nitrogens with zero attached hydrogens (tertiary/aromatic N) is 3. The van der Waals surface area contributed by atoms with E-state index < -0.39 is 11.7 Å². The van der Waals surface area contributed by atoms with Gasteiger partial charge in [-0.1, -0.05) is 0 Å². The molecule has 2 aliphatic heterocycles. The molecule has 0 unspecified atom stereocenters. The molecule has 0 spiro atoms. The third-order valence-electron chi connectivity index (χ3n) is 5.69. The van der Waals surface area contributed by atoms with Crippen molar-refractivity contribution in [3.05, 3.63) is 71.7 Å². The predicted octanol–water partition coefficient (Wildman–Crippen LogP) is 4.82. The number of benzene rings is 1. The van der Waals surface area contributed by atoms with Crippen molar-refractivity contribution < 1.29 is 17.9 Å². The molecule has 33 heavy (non-hydrogen) atoms. The largest absolute Gasteiger partial charge is 0.417 e. The summed E-state index contributed by atoms with van der Waals surface area (Å²) in [5.41, 5.74) is 3.73. The van der Waals surface area contributed by atoms with Gasteiger partial charge in [-0.25, -0.2) is 4.98 Å². The van der Waals surface area contributed by atoms with Gasteiger partial charge in [0.25, 0.3) is 0 Å². The van der Waals surface area contributed by atoms with E-state index in [4.69, 9.17) is 4.74 Å². The molecule has 0 bridgehead atoms. The molecule has 5 rings (SSSR count). The molecule has 0 saturated carbocycles. The number of ether oxygens (including phenoxy) is 1. The Labute approximate surface area is 189 Å². The molecule has 0 atom stereocenters. The Hall–Kier alpha value is -3.59. The maximum atomic E-state index is 13.2. The lowest BCUT2D eigenvalue weighted by Crippen LogP contribution is -2.36. The first-order valence-electron chi connectivity index (χ1n) is 10.6. The molecular weight excluding hydrogens is 431 g/mol. The molecule has 4 heterocycles. The maximum absolute atomic E-state index is 13.2. The monoisotopic (exact) mass is 453 g/mol. The predicted molar refractivity (Wildman–Crippen MR) is 121 cm³/mol. The number of morpholine rings is 1. The normalized spacial score (nSPS) is 15.7. The van der Waals surface area contributed by atoms with Crippen molar-refractivity contribution in [1.82, 2.24) is 15.3 Å². The van der Waals surface area contributed by atoms with Crippen molar-refractivity contribution in [3.63, 3.8) is 0 Å². The summed E-state index contributed by atoms with van der Waals surface area (Å²) in [6.07, 6.45) is 1.45. The van der Waals surface area contributed by atoms with Gasteiger partial charge in [-0.2, -0.15) is 13.2 Å². The van der Waals surface area contributed by atoms with Gasteiger partial charge < -0.3 is 20.3 Å². The number of rotatable bonds is 4. The number of aromatic nitrogens is 2. The summed E-state index contributed by atoms with van der Waals surface area (Å²) in [5.74, 6) is 0.593. The zero-order valence-corrected chi connectivity index (χ0v) is 17.7. The average molecular weight is 453 g/mol. The Balaban J connectivity index is 1.47. The van der Waals surface area contributed by atoms with Gasteiger partial charge in [0.1, 0.15) is 5.82 Å². The van der Waals surface area contributed by atoms with Gasteiger partial charge >= 0.3 is 6.18 Å². The van der Waals surface area contributed by atoms with Crippen molar-refractivity contribution in [3.8, 4) is 11.3 Å². The first-order valence-corrected chi connectivity index (χ1v) is 10.6. The fourth-order valence-corrected chi connectivity index (χ4v) is 3.94. The van der Waals surface area contributed by atoms with Crippen LogP contribution < -0.4 is 15.5 Å². The van der Waals surface area contributed by atoms with Gasteiger partial charge in [-0.3, -0.25) is 4.98 Å². The van der Waals surface area contributed by atoms with Crippen molar-refractivity contribution in [2.75, 3.05) is 36.5 Å². The highest BCUT2D eigenvalue weighted by atomic mass is 19.4. The lowest BCUT2D eigenvalue weighted by Gasteiger charge is -2.29. The number of hydrogen-bond donors (Lipinski definition) is 2. The van der Waals surface area contributed by atoms with E-state index in [9.17, 15) is 13.2 Å². The van der Waals surface area contributed by atoms with Crippen molar-refractivity contribution in [2.24, 2.45) is 0 Å². The van der Waals surface area contributed by atoms with Gasteiger partial charge in [0.05, 0.1) is 24.5 Å². The van der Waals surface area contributed by atoms with Crippen LogP contribution in [0.15, 0.2) is 55.0 Å². The van der Waals surface area contributed by atoms with Crippen LogP contribution in [0.1, 0.15) is 16.7 Å². The number of pyridine rings is 2. The molecule has 0 amide bonds. The first kappa shape index (κ1) is 21.3. The van der Waals surface area contributed by atoms with Crippen LogP contribution in [0, 0.1) is 0 Å². The summed E-state index contributed by atoms with van der Waals surface area (Å²) >= 11 is 0. The fourth-order valence-electron chi connectivity index (χ4n) is 3.94. The number of nitrogens with one attached hydrogen (secondary N) is 2. The molecule has 170 valence electrons. The summed E-state index contributed by atoms with van der Waals surface area (Å²) in [6.45, 7) is 3.70. The molecule has 0 aliphatic carbocycles. The fraction of sp³-hybridized carbons (Fsp3) is 0.250. The second kappa shape index (κ2) is 8.74. The van der Waals surface area contributed by atoms with Gasteiger partial charge in [0.2, 0.25) is 0 Å². The van der Waals surface area contributed by atoms with Crippen LogP contribution in [0.5, 0.6) is 0 Å². The molecule has 1 aromatic carbocycles. The molecule has 1 fully saturated rings. The van der Waals surface area contributed by atoms with Gasteiger partial charge in [0.15, 0.2) is 0 Å². The van der Waals surface area contributed by atoms with Crippen LogP contribution in [-0.4, -0.2) is 36.3 Å². The van der Waals surface area contributed by atoms with Crippen LogP contribution in [-0.2, 0) is 17.5 Å². The Kier molecular flexibility index (Phi) is 5.63. The Morgan fingerprint density at radius 2 is 1.82 bits per heavy atom. The Morgan fingerprint density at radius 1 is 1.03 bits per heavy atom. The molecule has 2 aromatic heterocycles. The van der Waals surface area contributed by atoms with E-state index in [1.54, 1.807) is 6.07 Å². The zero-order valence-electron chi connectivity index (χ0n) is 17.7. The summed E-state index contributed by atoms with van der Waals surface area (Å²) in [6, 6.07) is 10.9. The number of hydrogen-bond acceptors (Lipinski definition) is 6. The topological polar surface area (TPSA) is 62.3 Å². The highest BCUT2D eigenvalue weighted by molar-refractivity contribution is 5.74. The second-order valence-corrected chi connectivity index (χ2v) is 7.87. The third-order valence-corrected chi connectivity index (χ3v) is 5.69. The number of alkyl halides is 3. The van der Waals surface area contributed by atoms with Crippen LogP contribution >= 0.6 is 0 Å². The quantitative estimate of drug-likeness (QED) is 0.591. The highest BCUT2D eigenvalue weighted by Crippen LogP contribution is 2.34. The Bertz CT molecular complexity index is 1170. The lowest BCUT2D eigenvalue weighted by atomic mass is 10.0. The number of anilines is 3. The molecule has 2 N–H and O–H groups in total. The maximum Gasteiger partial charge on any atom is 0.417 e. The van der Waals surface area contributed by atoms with E-state index in [1.807, 2.05) is 36.5 Å². The average Bonchev–Trinajstić information content (AvgIpc) is 2.84. The van der Waals surface area contributed by atoms with E-state index in [1.165, 1.54) is 6.20 Å². The van der Waals surface area contributed by atoms with E-state index >= 15 is 0 Å². The molecule has 6 nitrogen and oxygen atoms in total.